The third-order valence-electron chi connectivity index (χ3n) is 2.69. The predicted octanol–water partition coefficient (Wildman–Crippen LogP) is 2.34. The topological polar surface area (TPSA) is 49.3 Å². The standard InChI is InChI=1S/C14H20FNO2S/c1-2-13(17)7-8-16-14(18)10-19-9-11-3-5-12(15)6-4-11/h3-6,13,17H,2,7-10H2,1H3,(H,16,18). The number of hydrogen-bond donors (Lipinski definition) is 2. The van der Waals surface area contributed by atoms with E-state index in [1.807, 2.05) is 6.92 Å². The van der Waals surface area contributed by atoms with Crippen LogP contribution < -0.4 is 5.32 Å². The predicted molar refractivity (Wildman–Crippen MR) is 76.5 cm³/mol. The Morgan fingerprint density at radius 1 is 1.42 bits per heavy atom. The molecule has 0 heterocycles. The van der Waals surface area contributed by atoms with Gasteiger partial charge in [-0.2, -0.15) is 0 Å². The van der Waals surface area contributed by atoms with Gasteiger partial charge in [-0.3, -0.25) is 4.79 Å². The van der Waals surface area contributed by atoms with E-state index >= 15 is 0 Å². The van der Waals surface area contributed by atoms with E-state index in [0.717, 1.165) is 5.56 Å². The summed E-state index contributed by atoms with van der Waals surface area (Å²) in [4.78, 5) is 11.5. The molecule has 1 aromatic rings. The highest BCUT2D eigenvalue weighted by atomic mass is 32.2. The normalized spacial score (nSPS) is 12.2. The van der Waals surface area contributed by atoms with E-state index in [9.17, 15) is 14.3 Å². The van der Waals surface area contributed by atoms with Gasteiger partial charge in [0.2, 0.25) is 5.91 Å². The summed E-state index contributed by atoms with van der Waals surface area (Å²) in [5.41, 5.74) is 1.00. The minimum absolute atomic E-state index is 0.0320. The molecule has 1 atom stereocenters. The number of hydrogen-bond acceptors (Lipinski definition) is 3. The molecular weight excluding hydrogens is 265 g/mol. The molecule has 0 radical (unpaired) electrons. The highest BCUT2D eigenvalue weighted by Gasteiger charge is 2.04. The largest absolute Gasteiger partial charge is 0.393 e. The summed E-state index contributed by atoms with van der Waals surface area (Å²) >= 11 is 1.49. The van der Waals surface area contributed by atoms with Crippen molar-refractivity contribution < 1.29 is 14.3 Å². The zero-order valence-corrected chi connectivity index (χ0v) is 11.9. The van der Waals surface area contributed by atoms with Gasteiger partial charge in [-0.1, -0.05) is 19.1 Å². The van der Waals surface area contributed by atoms with Crippen LogP contribution in [0.4, 0.5) is 4.39 Å². The molecule has 0 aliphatic rings. The fourth-order valence-corrected chi connectivity index (χ4v) is 2.29. The third kappa shape index (κ3) is 7.18. The molecule has 0 aromatic heterocycles. The number of thioether (sulfide) groups is 1. The summed E-state index contributed by atoms with van der Waals surface area (Å²) in [6.45, 7) is 2.41. The van der Waals surface area contributed by atoms with Crippen LogP contribution >= 0.6 is 11.8 Å². The smallest absolute Gasteiger partial charge is 0.230 e. The number of carbonyl (C=O) groups is 1. The minimum atomic E-state index is -0.341. The highest BCUT2D eigenvalue weighted by molar-refractivity contribution is 7.99. The molecule has 0 bridgehead atoms. The van der Waals surface area contributed by atoms with Crippen molar-refractivity contribution in [2.75, 3.05) is 12.3 Å². The van der Waals surface area contributed by atoms with E-state index in [1.165, 1.54) is 23.9 Å². The van der Waals surface area contributed by atoms with Crippen molar-refractivity contribution in [1.29, 1.82) is 0 Å². The molecule has 1 rings (SSSR count). The van der Waals surface area contributed by atoms with E-state index in [1.54, 1.807) is 12.1 Å². The van der Waals surface area contributed by atoms with E-state index in [-0.39, 0.29) is 17.8 Å². The lowest BCUT2D eigenvalue weighted by molar-refractivity contribution is -0.118. The molecule has 0 aliphatic heterocycles. The summed E-state index contributed by atoms with van der Waals surface area (Å²) < 4.78 is 12.7. The van der Waals surface area contributed by atoms with Gasteiger partial charge in [0.1, 0.15) is 5.82 Å². The van der Waals surface area contributed by atoms with E-state index in [0.29, 0.717) is 30.9 Å². The number of nitrogens with one attached hydrogen (secondary N) is 1. The molecule has 0 saturated carbocycles. The van der Waals surface area contributed by atoms with Crippen molar-refractivity contribution >= 4 is 17.7 Å². The molecule has 3 nitrogen and oxygen atoms in total. The Bertz CT molecular complexity index is 384. The molecule has 5 heteroatoms. The van der Waals surface area contributed by atoms with Gasteiger partial charge in [-0.05, 0) is 30.5 Å². The summed E-state index contributed by atoms with van der Waals surface area (Å²) in [5, 5.41) is 12.1. The molecule has 19 heavy (non-hydrogen) atoms. The van der Waals surface area contributed by atoms with Crippen LogP contribution in [0.25, 0.3) is 0 Å². The molecule has 0 spiro atoms. The highest BCUT2D eigenvalue weighted by Crippen LogP contribution is 2.12. The van der Waals surface area contributed by atoms with Gasteiger partial charge in [0.15, 0.2) is 0 Å². The average Bonchev–Trinajstić information content (AvgIpc) is 2.41. The van der Waals surface area contributed by atoms with Gasteiger partial charge < -0.3 is 10.4 Å². The Balaban J connectivity index is 2.11. The van der Waals surface area contributed by atoms with Crippen LogP contribution in [0.15, 0.2) is 24.3 Å². The Morgan fingerprint density at radius 3 is 2.74 bits per heavy atom. The average molecular weight is 285 g/mol. The molecule has 0 saturated heterocycles. The van der Waals surface area contributed by atoms with Crippen molar-refractivity contribution in [2.45, 2.75) is 31.6 Å². The van der Waals surface area contributed by atoms with Gasteiger partial charge in [0, 0.05) is 12.3 Å². The molecule has 106 valence electrons. The number of aliphatic hydroxyl groups is 1. The minimum Gasteiger partial charge on any atom is -0.393 e. The molecule has 1 amide bonds. The van der Waals surface area contributed by atoms with E-state index in [2.05, 4.69) is 5.32 Å². The van der Waals surface area contributed by atoms with Crippen molar-refractivity contribution in [2.24, 2.45) is 0 Å². The Morgan fingerprint density at radius 2 is 2.11 bits per heavy atom. The first-order valence-corrected chi connectivity index (χ1v) is 7.54. The molecule has 2 N–H and O–H groups in total. The molecule has 1 aromatic carbocycles. The molecule has 0 fully saturated rings. The Kier molecular flexibility index (Phi) is 7.52. The summed E-state index contributed by atoms with van der Waals surface area (Å²) in [6.07, 6.45) is 0.951. The lowest BCUT2D eigenvalue weighted by Gasteiger charge is -2.08. The lowest BCUT2D eigenvalue weighted by atomic mass is 10.2. The molecular formula is C14H20FNO2S. The first-order valence-electron chi connectivity index (χ1n) is 6.38. The van der Waals surface area contributed by atoms with Gasteiger partial charge in [0.05, 0.1) is 11.9 Å². The fourth-order valence-electron chi connectivity index (χ4n) is 1.48. The number of rotatable bonds is 8. The van der Waals surface area contributed by atoms with Crippen LogP contribution in [0, 0.1) is 5.82 Å². The fraction of sp³-hybridized carbons (Fsp3) is 0.500. The number of benzene rings is 1. The third-order valence-corrected chi connectivity index (χ3v) is 3.69. The van der Waals surface area contributed by atoms with Gasteiger partial charge in [-0.15, -0.1) is 11.8 Å². The number of amides is 1. The van der Waals surface area contributed by atoms with Crippen LogP contribution in [0.1, 0.15) is 25.3 Å². The van der Waals surface area contributed by atoms with Crippen molar-refractivity contribution in [3.63, 3.8) is 0 Å². The van der Waals surface area contributed by atoms with Crippen LogP contribution in [-0.2, 0) is 10.5 Å². The second-order valence-electron chi connectivity index (χ2n) is 4.32. The summed E-state index contributed by atoms with van der Waals surface area (Å²) in [7, 11) is 0. The monoisotopic (exact) mass is 285 g/mol. The zero-order chi connectivity index (χ0) is 14.1. The molecule has 0 aliphatic carbocycles. The molecule has 1 unspecified atom stereocenters. The van der Waals surface area contributed by atoms with Crippen LogP contribution in [-0.4, -0.2) is 29.4 Å². The first kappa shape index (κ1) is 16.0. The van der Waals surface area contributed by atoms with E-state index in [4.69, 9.17) is 0 Å². The van der Waals surface area contributed by atoms with Crippen LogP contribution in [0.5, 0.6) is 0 Å². The maximum atomic E-state index is 12.7. The second-order valence-corrected chi connectivity index (χ2v) is 5.31. The quantitative estimate of drug-likeness (QED) is 0.771. The van der Waals surface area contributed by atoms with Crippen LogP contribution in [0.3, 0.4) is 0 Å². The maximum absolute atomic E-state index is 12.7. The summed E-state index contributed by atoms with van der Waals surface area (Å²) in [5.74, 6) is 0.779. The lowest BCUT2D eigenvalue weighted by Crippen LogP contribution is -2.28. The van der Waals surface area contributed by atoms with Gasteiger partial charge in [-0.25, -0.2) is 4.39 Å². The summed E-state index contributed by atoms with van der Waals surface area (Å²) in [6, 6.07) is 6.28. The van der Waals surface area contributed by atoms with Crippen LogP contribution in [0.2, 0.25) is 0 Å². The Hall–Kier alpha value is -1.07. The number of carbonyl (C=O) groups excluding carboxylic acids is 1. The van der Waals surface area contributed by atoms with Crippen molar-refractivity contribution in [3.05, 3.63) is 35.6 Å². The maximum Gasteiger partial charge on any atom is 0.230 e. The first-order chi connectivity index (χ1) is 9.11. The van der Waals surface area contributed by atoms with Gasteiger partial charge in [0.25, 0.3) is 0 Å². The van der Waals surface area contributed by atoms with Crippen molar-refractivity contribution in [3.8, 4) is 0 Å². The number of aliphatic hydroxyl groups excluding tert-OH is 1. The van der Waals surface area contributed by atoms with E-state index < -0.39 is 0 Å². The SMILES string of the molecule is CCC(O)CCNC(=O)CSCc1ccc(F)cc1. The van der Waals surface area contributed by atoms with Gasteiger partial charge >= 0.3 is 0 Å². The number of halogens is 1. The zero-order valence-electron chi connectivity index (χ0n) is 11.1. The second kappa shape index (κ2) is 8.93. The van der Waals surface area contributed by atoms with Crippen molar-refractivity contribution in [1.82, 2.24) is 5.32 Å². The Labute approximate surface area is 117 Å².